The Bertz CT molecular complexity index is 831. The zero-order valence-electron chi connectivity index (χ0n) is 15.2. The van der Waals surface area contributed by atoms with Crippen molar-refractivity contribution in [1.29, 1.82) is 0 Å². The van der Waals surface area contributed by atoms with E-state index >= 15 is 0 Å². The molecule has 2 rings (SSSR count). The van der Waals surface area contributed by atoms with Gasteiger partial charge in [-0.1, -0.05) is 17.7 Å². The molecule has 0 radical (unpaired) electrons. The van der Waals surface area contributed by atoms with Crippen molar-refractivity contribution in [3.63, 3.8) is 0 Å². The van der Waals surface area contributed by atoms with Gasteiger partial charge in [-0.15, -0.1) is 0 Å². The number of nitrogens with one attached hydrogen (secondary N) is 1. The molecule has 1 amide bonds. The van der Waals surface area contributed by atoms with Crippen LogP contribution in [0, 0.1) is 6.92 Å². The molecular formula is C19H24N2O4S. The van der Waals surface area contributed by atoms with Gasteiger partial charge in [0, 0.05) is 18.7 Å². The van der Waals surface area contributed by atoms with Gasteiger partial charge in [0.25, 0.3) is 0 Å². The minimum atomic E-state index is -3.47. The Morgan fingerprint density at radius 3 is 2.23 bits per heavy atom. The van der Waals surface area contributed by atoms with Crippen molar-refractivity contribution in [3.05, 3.63) is 54.1 Å². The summed E-state index contributed by atoms with van der Waals surface area (Å²) in [7, 11) is -3.47. The summed E-state index contributed by atoms with van der Waals surface area (Å²) in [5.74, 6) is 0.475. The average molecular weight is 376 g/mol. The third-order valence-electron chi connectivity index (χ3n) is 3.71. The first kappa shape index (κ1) is 19.8. The first-order valence-electron chi connectivity index (χ1n) is 8.36. The van der Waals surface area contributed by atoms with Gasteiger partial charge >= 0.3 is 0 Å². The smallest absolute Gasteiger partial charge is 0.232 e. The van der Waals surface area contributed by atoms with Gasteiger partial charge in [-0.05, 0) is 50.2 Å². The van der Waals surface area contributed by atoms with Gasteiger partial charge in [0.2, 0.25) is 15.9 Å². The number of carbonyl (C=O) groups excluding carboxylic acids is 1. The summed E-state index contributed by atoms with van der Waals surface area (Å²) < 4.78 is 30.7. The van der Waals surface area contributed by atoms with E-state index in [1.165, 1.54) is 4.31 Å². The summed E-state index contributed by atoms with van der Waals surface area (Å²) in [5, 5.41) is 2.76. The largest absolute Gasteiger partial charge is 0.494 e. The van der Waals surface area contributed by atoms with Gasteiger partial charge in [-0.25, -0.2) is 8.42 Å². The van der Waals surface area contributed by atoms with Crippen LogP contribution < -0.4 is 14.4 Å². The summed E-state index contributed by atoms with van der Waals surface area (Å²) in [6, 6.07) is 14.2. The third-order valence-corrected chi connectivity index (χ3v) is 4.91. The predicted octanol–water partition coefficient (Wildman–Crippen LogP) is 3.19. The number of rotatable bonds is 8. The van der Waals surface area contributed by atoms with E-state index in [4.69, 9.17) is 4.74 Å². The standard InChI is InChI=1S/C19H24N2O4S/c1-4-25-18-11-7-16(8-12-18)20-19(22)13-14-21(26(3,23)24)17-9-5-15(2)6-10-17/h5-12H,4,13-14H2,1-3H3,(H,20,22). The molecule has 2 aromatic carbocycles. The monoisotopic (exact) mass is 376 g/mol. The van der Waals surface area contributed by atoms with Crippen LogP contribution in [0.3, 0.4) is 0 Å². The molecule has 0 heterocycles. The second-order valence-electron chi connectivity index (χ2n) is 5.93. The highest BCUT2D eigenvalue weighted by Crippen LogP contribution is 2.19. The number of hydrogen-bond donors (Lipinski definition) is 1. The van der Waals surface area contributed by atoms with Crippen LogP contribution in [0.25, 0.3) is 0 Å². The fraction of sp³-hybridized carbons (Fsp3) is 0.316. The Morgan fingerprint density at radius 1 is 1.08 bits per heavy atom. The van der Waals surface area contributed by atoms with Crippen LogP contribution in [-0.4, -0.2) is 33.7 Å². The van der Waals surface area contributed by atoms with Crippen molar-refractivity contribution in [2.24, 2.45) is 0 Å². The number of ether oxygens (including phenoxy) is 1. The molecule has 26 heavy (non-hydrogen) atoms. The maximum atomic E-state index is 12.2. The van der Waals surface area contributed by atoms with Crippen LogP contribution in [0.5, 0.6) is 5.75 Å². The second kappa shape index (κ2) is 8.71. The first-order chi connectivity index (χ1) is 12.3. The summed E-state index contributed by atoms with van der Waals surface area (Å²) >= 11 is 0. The molecule has 140 valence electrons. The predicted molar refractivity (Wildman–Crippen MR) is 104 cm³/mol. The fourth-order valence-electron chi connectivity index (χ4n) is 2.43. The number of aryl methyl sites for hydroxylation is 1. The van der Waals surface area contributed by atoms with Crippen molar-refractivity contribution in [2.45, 2.75) is 20.3 Å². The number of amides is 1. The van der Waals surface area contributed by atoms with E-state index < -0.39 is 10.0 Å². The van der Waals surface area contributed by atoms with Gasteiger partial charge in [-0.3, -0.25) is 9.10 Å². The summed E-state index contributed by atoms with van der Waals surface area (Å²) in [4.78, 5) is 12.2. The molecule has 0 spiro atoms. The molecule has 1 N–H and O–H groups in total. The van der Waals surface area contributed by atoms with Crippen molar-refractivity contribution >= 4 is 27.3 Å². The van der Waals surface area contributed by atoms with Crippen molar-refractivity contribution in [2.75, 3.05) is 29.0 Å². The molecule has 6 nitrogen and oxygen atoms in total. The Balaban J connectivity index is 1.99. The molecule has 0 aliphatic carbocycles. The van der Waals surface area contributed by atoms with Crippen LogP contribution in [0.1, 0.15) is 18.9 Å². The second-order valence-corrected chi connectivity index (χ2v) is 7.83. The van der Waals surface area contributed by atoms with Crippen LogP contribution in [0.15, 0.2) is 48.5 Å². The Labute approximate surface area is 154 Å². The van der Waals surface area contributed by atoms with Crippen LogP contribution in [0.2, 0.25) is 0 Å². The molecule has 0 bridgehead atoms. The lowest BCUT2D eigenvalue weighted by atomic mass is 10.2. The fourth-order valence-corrected chi connectivity index (χ4v) is 3.35. The highest BCUT2D eigenvalue weighted by Gasteiger charge is 2.18. The number of benzene rings is 2. The number of hydrogen-bond acceptors (Lipinski definition) is 4. The molecule has 0 fully saturated rings. The number of anilines is 2. The van der Waals surface area contributed by atoms with Crippen molar-refractivity contribution in [1.82, 2.24) is 0 Å². The lowest BCUT2D eigenvalue weighted by Crippen LogP contribution is -2.33. The number of nitrogens with zero attached hydrogens (tertiary/aromatic N) is 1. The minimum absolute atomic E-state index is 0.0498. The zero-order valence-corrected chi connectivity index (χ0v) is 16.0. The van der Waals surface area contributed by atoms with Gasteiger partial charge in [-0.2, -0.15) is 0 Å². The summed E-state index contributed by atoms with van der Waals surface area (Å²) in [6.45, 7) is 4.48. The first-order valence-corrected chi connectivity index (χ1v) is 10.2. The van der Waals surface area contributed by atoms with Gasteiger partial charge in [0.05, 0.1) is 18.6 Å². The molecule has 0 unspecified atom stereocenters. The lowest BCUT2D eigenvalue weighted by Gasteiger charge is -2.22. The Hall–Kier alpha value is -2.54. The number of sulfonamides is 1. The maximum absolute atomic E-state index is 12.2. The quantitative estimate of drug-likeness (QED) is 0.768. The molecule has 0 aromatic heterocycles. The van der Waals surface area contributed by atoms with E-state index in [0.717, 1.165) is 17.6 Å². The molecule has 0 aliphatic heterocycles. The molecule has 0 saturated carbocycles. The van der Waals surface area contributed by atoms with E-state index in [0.29, 0.717) is 18.0 Å². The normalized spacial score (nSPS) is 11.0. The molecule has 7 heteroatoms. The van der Waals surface area contributed by atoms with Crippen LogP contribution >= 0.6 is 0 Å². The van der Waals surface area contributed by atoms with E-state index in [-0.39, 0.29) is 18.9 Å². The molecule has 2 aromatic rings. The molecule has 0 atom stereocenters. The summed E-state index contributed by atoms with van der Waals surface area (Å²) in [5.41, 5.74) is 2.22. The lowest BCUT2D eigenvalue weighted by molar-refractivity contribution is -0.116. The Kier molecular flexibility index (Phi) is 6.63. The van der Waals surface area contributed by atoms with Gasteiger partial charge in [0.15, 0.2) is 0 Å². The minimum Gasteiger partial charge on any atom is -0.494 e. The average Bonchev–Trinajstić information content (AvgIpc) is 2.57. The van der Waals surface area contributed by atoms with Gasteiger partial charge < -0.3 is 10.1 Å². The van der Waals surface area contributed by atoms with Gasteiger partial charge in [0.1, 0.15) is 5.75 Å². The van der Waals surface area contributed by atoms with Crippen molar-refractivity contribution < 1.29 is 17.9 Å². The van der Waals surface area contributed by atoms with E-state index in [9.17, 15) is 13.2 Å². The molecular weight excluding hydrogens is 352 g/mol. The highest BCUT2D eigenvalue weighted by molar-refractivity contribution is 7.92. The highest BCUT2D eigenvalue weighted by atomic mass is 32.2. The molecule has 0 saturated heterocycles. The molecule has 0 aliphatic rings. The Morgan fingerprint density at radius 2 is 1.69 bits per heavy atom. The van der Waals surface area contributed by atoms with Crippen LogP contribution in [0.4, 0.5) is 11.4 Å². The van der Waals surface area contributed by atoms with E-state index in [1.54, 1.807) is 36.4 Å². The van der Waals surface area contributed by atoms with Crippen LogP contribution in [-0.2, 0) is 14.8 Å². The maximum Gasteiger partial charge on any atom is 0.232 e. The number of carbonyl (C=O) groups is 1. The third kappa shape index (κ3) is 5.77. The van der Waals surface area contributed by atoms with E-state index in [2.05, 4.69) is 5.32 Å². The summed E-state index contributed by atoms with van der Waals surface area (Å²) in [6.07, 6.45) is 1.19. The van der Waals surface area contributed by atoms with E-state index in [1.807, 2.05) is 26.0 Å². The van der Waals surface area contributed by atoms with Crippen molar-refractivity contribution in [3.8, 4) is 5.75 Å². The topological polar surface area (TPSA) is 75.7 Å². The zero-order chi connectivity index (χ0) is 19.2. The SMILES string of the molecule is CCOc1ccc(NC(=O)CCN(c2ccc(C)cc2)S(C)(=O)=O)cc1.